The molecule has 0 aliphatic heterocycles. The summed E-state index contributed by atoms with van der Waals surface area (Å²) in [5.41, 5.74) is 7.41. The molecule has 0 radical (unpaired) electrons. The number of carbonyl (C=O) groups excluding carboxylic acids is 1. The van der Waals surface area contributed by atoms with Crippen LogP contribution in [0.25, 0.3) is 0 Å². The molecule has 0 bridgehead atoms. The maximum absolute atomic E-state index is 12.5. The molecular formula is C15H23N3O. The first kappa shape index (κ1) is 14.0. The molecule has 4 heteroatoms. The molecule has 2 rings (SSSR count). The molecule has 0 atom stereocenters. The quantitative estimate of drug-likeness (QED) is 0.898. The lowest BCUT2D eigenvalue weighted by Crippen LogP contribution is -2.53. The third kappa shape index (κ3) is 2.78. The molecule has 0 spiro atoms. The van der Waals surface area contributed by atoms with Crippen molar-refractivity contribution in [1.29, 1.82) is 0 Å². The molecule has 1 aliphatic carbocycles. The van der Waals surface area contributed by atoms with E-state index in [9.17, 15) is 4.79 Å². The van der Waals surface area contributed by atoms with Gasteiger partial charge in [0.05, 0.1) is 17.7 Å². The molecule has 104 valence electrons. The predicted molar refractivity (Wildman–Crippen MR) is 75.3 cm³/mol. The minimum atomic E-state index is -0.321. The van der Waals surface area contributed by atoms with Crippen LogP contribution in [0.5, 0.6) is 0 Å². The number of nitrogens with zero attached hydrogens (tertiary/aromatic N) is 2. The Kier molecular flexibility index (Phi) is 3.90. The van der Waals surface area contributed by atoms with Gasteiger partial charge in [0, 0.05) is 19.3 Å². The molecule has 1 aliphatic rings. The number of aromatic nitrogens is 1. The van der Waals surface area contributed by atoms with E-state index in [1.807, 2.05) is 32.2 Å². The zero-order valence-corrected chi connectivity index (χ0v) is 12.0. The van der Waals surface area contributed by atoms with Gasteiger partial charge in [0.1, 0.15) is 0 Å². The van der Waals surface area contributed by atoms with E-state index in [0.29, 0.717) is 19.0 Å². The molecule has 0 aromatic carbocycles. The normalized spacial score (nSPS) is 25.8. The zero-order valence-electron chi connectivity index (χ0n) is 12.0. The second-order valence-corrected chi connectivity index (χ2v) is 5.93. The maximum atomic E-state index is 12.5. The van der Waals surface area contributed by atoms with Gasteiger partial charge in [-0.1, -0.05) is 13.0 Å². The number of rotatable bonds is 4. The monoisotopic (exact) mass is 261 g/mol. The van der Waals surface area contributed by atoms with Crippen LogP contribution >= 0.6 is 0 Å². The van der Waals surface area contributed by atoms with Gasteiger partial charge in [-0.25, -0.2) is 0 Å². The highest BCUT2D eigenvalue weighted by molar-refractivity contribution is 5.83. The van der Waals surface area contributed by atoms with Crippen molar-refractivity contribution in [3.8, 4) is 0 Å². The van der Waals surface area contributed by atoms with Gasteiger partial charge >= 0.3 is 0 Å². The lowest BCUT2D eigenvalue weighted by molar-refractivity contribution is -0.148. The summed E-state index contributed by atoms with van der Waals surface area (Å²) >= 11 is 0. The van der Waals surface area contributed by atoms with Gasteiger partial charge < -0.3 is 10.6 Å². The van der Waals surface area contributed by atoms with E-state index < -0.39 is 0 Å². The first-order valence-electron chi connectivity index (χ1n) is 6.85. The highest BCUT2D eigenvalue weighted by atomic mass is 16.2. The molecule has 1 saturated carbocycles. The van der Waals surface area contributed by atoms with Gasteiger partial charge in [0.25, 0.3) is 0 Å². The number of hydrogen-bond acceptors (Lipinski definition) is 3. The van der Waals surface area contributed by atoms with Gasteiger partial charge in [0.15, 0.2) is 0 Å². The Bertz CT molecular complexity index is 466. The number of nitrogens with two attached hydrogens (primary N) is 1. The fourth-order valence-electron chi connectivity index (χ4n) is 3.11. The first-order valence-corrected chi connectivity index (χ1v) is 6.85. The fraction of sp³-hybridized carbons (Fsp3) is 0.600. The Balaban J connectivity index is 2.03. The molecule has 0 saturated heterocycles. The number of hydrogen-bond donors (Lipinski definition) is 1. The van der Waals surface area contributed by atoms with Gasteiger partial charge in [-0.2, -0.15) is 0 Å². The van der Waals surface area contributed by atoms with Crippen LogP contribution in [0, 0.1) is 18.3 Å². The van der Waals surface area contributed by atoms with E-state index in [0.717, 1.165) is 24.2 Å². The molecular weight excluding hydrogens is 238 g/mol. The average molecular weight is 261 g/mol. The minimum absolute atomic E-state index is 0.163. The van der Waals surface area contributed by atoms with Crippen LogP contribution < -0.4 is 5.73 Å². The number of aryl methyl sites for hydroxylation is 1. The number of amides is 1. The van der Waals surface area contributed by atoms with E-state index in [4.69, 9.17) is 5.73 Å². The number of pyridine rings is 1. The largest absolute Gasteiger partial charge is 0.339 e. The summed E-state index contributed by atoms with van der Waals surface area (Å²) in [5, 5.41) is 0. The van der Waals surface area contributed by atoms with Gasteiger partial charge in [-0.15, -0.1) is 0 Å². The molecule has 1 aromatic heterocycles. The molecule has 19 heavy (non-hydrogen) atoms. The molecule has 1 aromatic rings. The molecule has 1 fully saturated rings. The molecule has 4 nitrogen and oxygen atoms in total. The summed E-state index contributed by atoms with van der Waals surface area (Å²) in [4.78, 5) is 18.7. The van der Waals surface area contributed by atoms with Crippen molar-refractivity contribution in [2.75, 3.05) is 13.6 Å². The van der Waals surface area contributed by atoms with Crippen molar-refractivity contribution in [2.24, 2.45) is 17.1 Å². The Hall–Kier alpha value is -1.42. The minimum Gasteiger partial charge on any atom is -0.339 e. The van der Waals surface area contributed by atoms with Crippen molar-refractivity contribution >= 4 is 5.91 Å². The van der Waals surface area contributed by atoms with Crippen LogP contribution in [0.1, 0.15) is 31.2 Å². The van der Waals surface area contributed by atoms with Crippen molar-refractivity contribution < 1.29 is 4.79 Å². The maximum Gasteiger partial charge on any atom is 0.230 e. The summed E-state index contributed by atoms with van der Waals surface area (Å²) < 4.78 is 0. The lowest BCUT2D eigenvalue weighted by Gasteiger charge is -2.46. The average Bonchev–Trinajstić information content (AvgIpc) is 2.34. The summed E-state index contributed by atoms with van der Waals surface area (Å²) in [6.45, 7) is 5.13. The first-order chi connectivity index (χ1) is 8.97. The molecule has 1 amide bonds. The van der Waals surface area contributed by atoms with Crippen LogP contribution in [-0.4, -0.2) is 29.4 Å². The van der Waals surface area contributed by atoms with Crippen molar-refractivity contribution in [3.63, 3.8) is 0 Å². The van der Waals surface area contributed by atoms with Crippen molar-refractivity contribution in [1.82, 2.24) is 9.88 Å². The zero-order chi connectivity index (χ0) is 14.0. The lowest BCUT2D eigenvalue weighted by atomic mass is 9.62. The smallest absolute Gasteiger partial charge is 0.230 e. The molecule has 2 N–H and O–H groups in total. The van der Waals surface area contributed by atoms with Crippen molar-refractivity contribution in [2.45, 2.75) is 33.2 Å². The Morgan fingerprint density at radius 1 is 1.53 bits per heavy atom. The van der Waals surface area contributed by atoms with E-state index in [1.54, 1.807) is 4.90 Å². The second kappa shape index (κ2) is 5.29. The van der Waals surface area contributed by atoms with Crippen LogP contribution in [-0.2, 0) is 11.3 Å². The highest BCUT2D eigenvalue weighted by Gasteiger charge is 2.48. The Morgan fingerprint density at radius 2 is 2.21 bits per heavy atom. The Morgan fingerprint density at radius 3 is 2.74 bits per heavy atom. The standard InChI is InChI=1S/C15H23N3O/c1-11-7-15(8-11,10-16)14(19)18(3)9-13-6-4-5-12(2)17-13/h4-6,11H,7-10,16H2,1-3H3. The predicted octanol–water partition coefficient (Wildman–Crippen LogP) is 1.72. The van der Waals surface area contributed by atoms with E-state index in [2.05, 4.69) is 11.9 Å². The fourth-order valence-corrected chi connectivity index (χ4v) is 3.11. The topological polar surface area (TPSA) is 59.2 Å². The van der Waals surface area contributed by atoms with Gasteiger partial charge in [0.2, 0.25) is 5.91 Å². The number of carbonyl (C=O) groups is 1. The summed E-state index contributed by atoms with van der Waals surface area (Å²) in [6.07, 6.45) is 1.82. The van der Waals surface area contributed by atoms with E-state index in [-0.39, 0.29) is 11.3 Å². The second-order valence-electron chi connectivity index (χ2n) is 5.93. The van der Waals surface area contributed by atoms with E-state index in [1.165, 1.54) is 0 Å². The summed E-state index contributed by atoms with van der Waals surface area (Å²) in [5.74, 6) is 0.773. The van der Waals surface area contributed by atoms with Crippen LogP contribution in [0.4, 0.5) is 0 Å². The van der Waals surface area contributed by atoms with Gasteiger partial charge in [-0.3, -0.25) is 9.78 Å². The summed E-state index contributed by atoms with van der Waals surface area (Å²) in [7, 11) is 1.84. The summed E-state index contributed by atoms with van der Waals surface area (Å²) in [6, 6.07) is 5.88. The third-order valence-corrected chi connectivity index (χ3v) is 4.01. The third-order valence-electron chi connectivity index (χ3n) is 4.01. The molecule has 0 unspecified atom stereocenters. The van der Waals surface area contributed by atoms with Crippen LogP contribution in [0.2, 0.25) is 0 Å². The van der Waals surface area contributed by atoms with Crippen LogP contribution in [0.3, 0.4) is 0 Å². The van der Waals surface area contributed by atoms with Crippen LogP contribution in [0.15, 0.2) is 18.2 Å². The van der Waals surface area contributed by atoms with Crippen molar-refractivity contribution in [3.05, 3.63) is 29.6 Å². The van der Waals surface area contributed by atoms with Gasteiger partial charge in [-0.05, 0) is 37.8 Å². The molecule has 1 heterocycles. The highest BCUT2D eigenvalue weighted by Crippen LogP contribution is 2.45. The van der Waals surface area contributed by atoms with E-state index >= 15 is 0 Å². The Labute approximate surface area is 115 Å². The SMILES string of the molecule is Cc1cccc(CN(C)C(=O)C2(CN)CC(C)C2)n1.